The lowest BCUT2D eigenvalue weighted by Gasteiger charge is -2.15. The minimum Gasteiger partial charge on any atom is -0.333 e. The Balaban J connectivity index is 0.000000227. The highest BCUT2D eigenvalue weighted by Crippen LogP contribution is 2.22. The van der Waals surface area contributed by atoms with Crippen molar-refractivity contribution in [2.75, 3.05) is 7.05 Å². The zero-order valence-corrected chi connectivity index (χ0v) is 10.9. The number of hydrogen-bond acceptors (Lipinski definition) is 1. The summed E-state index contributed by atoms with van der Waals surface area (Å²) in [5.41, 5.74) is 4.50. The summed E-state index contributed by atoms with van der Waals surface area (Å²) in [6.45, 7) is 2.36. The molecule has 0 heterocycles. The van der Waals surface area contributed by atoms with Gasteiger partial charge in [-0.05, 0) is 13.0 Å². The molecule has 0 spiro atoms. The van der Waals surface area contributed by atoms with Crippen LogP contribution in [0, 0.1) is 5.92 Å². The van der Waals surface area contributed by atoms with Gasteiger partial charge < -0.3 is 5.73 Å². The monoisotopic (exact) mass is 213 g/mol. The number of hydrogen-bond donors (Lipinski definition) is 1. The van der Waals surface area contributed by atoms with E-state index in [1.54, 1.807) is 0 Å². The van der Waals surface area contributed by atoms with Crippen LogP contribution in [0.1, 0.15) is 77.6 Å². The molecule has 2 aliphatic carbocycles. The minimum atomic E-state index is 1.04. The summed E-state index contributed by atoms with van der Waals surface area (Å²) in [7, 11) is 1.50. The fraction of sp³-hybridized carbons (Fsp3) is 1.00. The third-order valence-electron chi connectivity index (χ3n) is 3.39. The molecule has 2 N–H and O–H groups in total. The standard InChI is InChI=1S/C7H14.C6H12.CH5N/c1-7-5-3-2-4-6-7;1-2-4-6-5-3-1;1-2/h7H,2-6H2,1H3;1-6H2;2H2,1H3. The fourth-order valence-corrected chi connectivity index (χ4v) is 2.37. The first-order valence-corrected chi connectivity index (χ1v) is 6.97. The summed E-state index contributed by atoms with van der Waals surface area (Å²) in [4.78, 5) is 0. The number of nitrogens with two attached hydrogens (primary N) is 1. The predicted octanol–water partition coefficient (Wildman–Crippen LogP) is 4.50. The Morgan fingerprint density at radius 2 is 0.867 bits per heavy atom. The molecule has 0 aliphatic heterocycles. The molecule has 0 aromatic rings. The van der Waals surface area contributed by atoms with Crippen molar-refractivity contribution in [3.05, 3.63) is 0 Å². The van der Waals surface area contributed by atoms with E-state index < -0.39 is 0 Å². The molecule has 2 aliphatic rings. The van der Waals surface area contributed by atoms with Gasteiger partial charge in [-0.3, -0.25) is 0 Å². The highest BCUT2D eigenvalue weighted by molar-refractivity contribution is 4.59. The molecule has 2 saturated carbocycles. The molecule has 0 saturated heterocycles. The van der Waals surface area contributed by atoms with Crippen molar-refractivity contribution < 1.29 is 0 Å². The molecule has 2 fully saturated rings. The summed E-state index contributed by atoms with van der Waals surface area (Å²) >= 11 is 0. The maximum atomic E-state index is 4.50. The average Bonchev–Trinajstić information content (AvgIpc) is 2.36. The Bertz CT molecular complexity index is 90.4. The van der Waals surface area contributed by atoms with Crippen LogP contribution in [0.4, 0.5) is 0 Å². The molecular formula is C14H31N. The van der Waals surface area contributed by atoms with E-state index in [2.05, 4.69) is 12.7 Å². The molecule has 0 aromatic heterocycles. The Morgan fingerprint density at radius 3 is 1.07 bits per heavy atom. The van der Waals surface area contributed by atoms with E-state index in [1.807, 2.05) is 0 Å². The van der Waals surface area contributed by atoms with E-state index in [-0.39, 0.29) is 0 Å². The first kappa shape index (κ1) is 15.0. The smallest absolute Gasteiger partial charge is 0.0195 e. The molecule has 15 heavy (non-hydrogen) atoms. The molecular weight excluding hydrogens is 182 g/mol. The van der Waals surface area contributed by atoms with Gasteiger partial charge in [0, 0.05) is 0 Å². The Hall–Kier alpha value is -0.0400. The predicted molar refractivity (Wildman–Crippen MR) is 70.1 cm³/mol. The van der Waals surface area contributed by atoms with E-state index in [0.29, 0.717) is 0 Å². The zero-order chi connectivity index (χ0) is 11.4. The highest BCUT2D eigenvalue weighted by atomic mass is 14.4. The van der Waals surface area contributed by atoms with Gasteiger partial charge in [-0.25, -0.2) is 0 Å². The lowest BCUT2D eigenvalue weighted by atomic mass is 9.91. The Kier molecular flexibility index (Phi) is 12.0. The Labute approximate surface area is 96.8 Å². The molecule has 0 aromatic carbocycles. The van der Waals surface area contributed by atoms with Crippen LogP contribution in [0.25, 0.3) is 0 Å². The maximum absolute atomic E-state index is 4.50. The van der Waals surface area contributed by atoms with Gasteiger partial charge >= 0.3 is 0 Å². The molecule has 0 bridgehead atoms. The Morgan fingerprint density at radius 1 is 0.600 bits per heavy atom. The second-order valence-electron chi connectivity index (χ2n) is 4.86. The van der Waals surface area contributed by atoms with Gasteiger partial charge in [-0.15, -0.1) is 0 Å². The zero-order valence-electron chi connectivity index (χ0n) is 10.9. The summed E-state index contributed by atoms with van der Waals surface area (Å²) in [6, 6.07) is 0. The van der Waals surface area contributed by atoms with E-state index in [9.17, 15) is 0 Å². The first-order chi connectivity index (χ1) is 7.39. The molecule has 1 nitrogen and oxygen atoms in total. The van der Waals surface area contributed by atoms with Crippen molar-refractivity contribution in [2.24, 2.45) is 11.7 Å². The minimum absolute atomic E-state index is 1.04. The van der Waals surface area contributed by atoms with E-state index in [1.165, 1.54) is 77.7 Å². The first-order valence-electron chi connectivity index (χ1n) is 6.97. The average molecular weight is 213 g/mol. The summed E-state index contributed by atoms with van der Waals surface area (Å²) in [6.07, 6.45) is 16.4. The third kappa shape index (κ3) is 10.2. The van der Waals surface area contributed by atoms with Gasteiger partial charge in [0.15, 0.2) is 0 Å². The van der Waals surface area contributed by atoms with E-state index in [0.717, 1.165) is 5.92 Å². The van der Waals surface area contributed by atoms with Crippen molar-refractivity contribution in [1.29, 1.82) is 0 Å². The van der Waals surface area contributed by atoms with Crippen molar-refractivity contribution in [1.82, 2.24) is 0 Å². The van der Waals surface area contributed by atoms with Crippen molar-refractivity contribution in [3.63, 3.8) is 0 Å². The van der Waals surface area contributed by atoms with Crippen LogP contribution in [0.2, 0.25) is 0 Å². The summed E-state index contributed by atoms with van der Waals surface area (Å²) in [5, 5.41) is 0. The van der Waals surface area contributed by atoms with E-state index in [4.69, 9.17) is 0 Å². The summed E-state index contributed by atoms with van der Waals surface area (Å²) < 4.78 is 0. The third-order valence-corrected chi connectivity index (χ3v) is 3.39. The highest BCUT2D eigenvalue weighted by Gasteiger charge is 2.05. The van der Waals surface area contributed by atoms with Crippen LogP contribution < -0.4 is 5.73 Å². The van der Waals surface area contributed by atoms with Crippen LogP contribution in [-0.2, 0) is 0 Å². The largest absolute Gasteiger partial charge is 0.333 e. The molecule has 1 heteroatoms. The van der Waals surface area contributed by atoms with Gasteiger partial charge in [0.1, 0.15) is 0 Å². The van der Waals surface area contributed by atoms with Gasteiger partial charge in [-0.1, -0.05) is 77.6 Å². The topological polar surface area (TPSA) is 26.0 Å². The van der Waals surface area contributed by atoms with E-state index >= 15 is 0 Å². The molecule has 92 valence electrons. The van der Waals surface area contributed by atoms with Crippen LogP contribution in [0.5, 0.6) is 0 Å². The second-order valence-corrected chi connectivity index (χ2v) is 4.86. The fourth-order valence-electron chi connectivity index (χ4n) is 2.37. The van der Waals surface area contributed by atoms with Crippen molar-refractivity contribution in [2.45, 2.75) is 77.6 Å². The maximum Gasteiger partial charge on any atom is -0.0195 e. The quantitative estimate of drug-likeness (QED) is 0.630. The lowest BCUT2D eigenvalue weighted by molar-refractivity contribution is 0.385. The van der Waals surface area contributed by atoms with Crippen LogP contribution >= 0.6 is 0 Å². The van der Waals surface area contributed by atoms with Gasteiger partial charge in [0.2, 0.25) is 0 Å². The summed E-state index contributed by atoms with van der Waals surface area (Å²) in [5.74, 6) is 1.04. The molecule has 0 unspecified atom stereocenters. The van der Waals surface area contributed by atoms with Gasteiger partial charge in [-0.2, -0.15) is 0 Å². The van der Waals surface area contributed by atoms with Crippen LogP contribution in [-0.4, -0.2) is 7.05 Å². The van der Waals surface area contributed by atoms with Gasteiger partial charge in [0.25, 0.3) is 0 Å². The van der Waals surface area contributed by atoms with Crippen LogP contribution in [0.15, 0.2) is 0 Å². The van der Waals surface area contributed by atoms with Crippen LogP contribution in [0.3, 0.4) is 0 Å². The molecule has 0 radical (unpaired) electrons. The normalized spacial score (nSPS) is 21.8. The molecule has 0 atom stereocenters. The number of rotatable bonds is 0. The van der Waals surface area contributed by atoms with Crippen molar-refractivity contribution in [3.8, 4) is 0 Å². The lowest BCUT2D eigenvalue weighted by Crippen LogP contribution is -1.99. The SMILES string of the molecule is C1CCCCC1.CC1CCCCC1.CN. The van der Waals surface area contributed by atoms with Gasteiger partial charge in [0.05, 0.1) is 0 Å². The second kappa shape index (κ2) is 12.0. The molecule has 2 rings (SSSR count). The van der Waals surface area contributed by atoms with Crippen molar-refractivity contribution >= 4 is 0 Å². The molecule has 0 amide bonds.